The molecule has 1 atom stereocenters. The smallest absolute Gasteiger partial charge is 0.227 e. The molecule has 20 heavy (non-hydrogen) atoms. The number of rotatable bonds is 4. The highest BCUT2D eigenvalue weighted by Gasteiger charge is 2.16. The number of fused-ring (bicyclic) bond motifs is 1. The SMILES string of the molecule is CCn1c(NC(=O)C[C@H]2C=CCC2)nc2ccccc21. The number of amides is 1. The Morgan fingerprint density at radius 3 is 3.05 bits per heavy atom. The van der Waals surface area contributed by atoms with Crippen LogP contribution in [0.3, 0.4) is 0 Å². The molecule has 3 rings (SSSR count). The molecule has 104 valence electrons. The van der Waals surface area contributed by atoms with Gasteiger partial charge in [-0.15, -0.1) is 0 Å². The molecule has 1 aromatic carbocycles. The minimum Gasteiger partial charge on any atom is -0.310 e. The summed E-state index contributed by atoms with van der Waals surface area (Å²) in [6.45, 7) is 2.85. The summed E-state index contributed by atoms with van der Waals surface area (Å²) in [7, 11) is 0. The number of benzene rings is 1. The van der Waals surface area contributed by atoms with Gasteiger partial charge in [0, 0.05) is 13.0 Å². The molecule has 0 radical (unpaired) electrons. The molecule has 1 heterocycles. The zero-order valence-corrected chi connectivity index (χ0v) is 11.7. The van der Waals surface area contributed by atoms with Gasteiger partial charge in [0.2, 0.25) is 11.9 Å². The number of hydrogen-bond donors (Lipinski definition) is 1. The summed E-state index contributed by atoms with van der Waals surface area (Å²) in [4.78, 5) is 16.6. The molecule has 4 heteroatoms. The predicted octanol–water partition coefficient (Wildman–Crippen LogP) is 3.35. The van der Waals surface area contributed by atoms with Crippen LogP contribution in [0.5, 0.6) is 0 Å². The summed E-state index contributed by atoms with van der Waals surface area (Å²) in [6.07, 6.45) is 7.01. The van der Waals surface area contributed by atoms with Gasteiger partial charge < -0.3 is 4.57 Å². The lowest BCUT2D eigenvalue weighted by Crippen LogP contribution is -2.17. The van der Waals surface area contributed by atoms with E-state index < -0.39 is 0 Å². The van der Waals surface area contributed by atoms with Crippen LogP contribution in [-0.2, 0) is 11.3 Å². The quantitative estimate of drug-likeness (QED) is 0.865. The molecule has 0 saturated carbocycles. The van der Waals surface area contributed by atoms with E-state index in [1.807, 2.05) is 28.8 Å². The van der Waals surface area contributed by atoms with Gasteiger partial charge in [0.15, 0.2) is 0 Å². The fourth-order valence-electron chi connectivity index (χ4n) is 2.77. The third-order valence-electron chi connectivity index (χ3n) is 3.78. The Bertz CT molecular complexity index is 657. The maximum atomic E-state index is 12.1. The Labute approximate surface area is 118 Å². The van der Waals surface area contributed by atoms with Crippen LogP contribution in [0.15, 0.2) is 36.4 Å². The zero-order valence-electron chi connectivity index (χ0n) is 11.7. The van der Waals surface area contributed by atoms with Crippen LogP contribution in [0.1, 0.15) is 26.2 Å². The van der Waals surface area contributed by atoms with Crippen molar-refractivity contribution < 1.29 is 4.79 Å². The summed E-state index contributed by atoms with van der Waals surface area (Å²) in [5.41, 5.74) is 1.98. The standard InChI is InChI=1S/C16H19N3O/c1-2-19-14-10-6-5-9-13(14)17-16(19)18-15(20)11-12-7-3-4-8-12/h3,5-7,9-10,12H,2,4,8,11H2,1H3,(H,17,18,20)/t12-/m0/s1. The molecule has 2 aromatic rings. The maximum absolute atomic E-state index is 12.1. The Morgan fingerprint density at radius 2 is 2.30 bits per heavy atom. The first-order valence-corrected chi connectivity index (χ1v) is 7.19. The van der Waals surface area contributed by atoms with Crippen LogP contribution in [0.2, 0.25) is 0 Å². The van der Waals surface area contributed by atoms with Crippen molar-refractivity contribution in [1.82, 2.24) is 9.55 Å². The first-order valence-electron chi connectivity index (χ1n) is 7.19. The van der Waals surface area contributed by atoms with Crippen LogP contribution in [0.25, 0.3) is 11.0 Å². The maximum Gasteiger partial charge on any atom is 0.227 e. The molecule has 1 aliphatic rings. The molecule has 1 aromatic heterocycles. The lowest BCUT2D eigenvalue weighted by atomic mass is 10.1. The predicted molar refractivity (Wildman–Crippen MR) is 80.5 cm³/mol. The monoisotopic (exact) mass is 269 g/mol. The van der Waals surface area contributed by atoms with Gasteiger partial charge >= 0.3 is 0 Å². The van der Waals surface area contributed by atoms with Crippen LogP contribution >= 0.6 is 0 Å². The first-order chi connectivity index (χ1) is 9.78. The van der Waals surface area contributed by atoms with Crippen LogP contribution in [0.4, 0.5) is 5.95 Å². The number of para-hydroxylation sites is 2. The fraction of sp³-hybridized carbons (Fsp3) is 0.375. The van der Waals surface area contributed by atoms with Crippen LogP contribution in [0, 0.1) is 5.92 Å². The Morgan fingerprint density at radius 1 is 1.45 bits per heavy atom. The second kappa shape index (κ2) is 5.49. The second-order valence-electron chi connectivity index (χ2n) is 5.19. The number of nitrogens with one attached hydrogen (secondary N) is 1. The molecule has 4 nitrogen and oxygen atoms in total. The van der Waals surface area contributed by atoms with Gasteiger partial charge in [-0.3, -0.25) is 10.1 Å². The zero-order chi connectivity index (χ0) is 13.9. The molecule has 0 fully saturated rings. The number of carbonyl (C=O) groups excluding carboxylic acids is 1. The van der Waals surface area contributed by atoms with Crippen molar-refractivity contribution in [3.8, 4) is 0 Å². The highest BCUT2D eigenvalue weighted by molar-refractivity contribution is 5.91. The second-order valence-corrected chi connectivity index (χ2v) is 5.19. The Kier molecular flexibility index (Phi) is 3.54. The van der Waals surface area contributed by atoms with Crippen molar-refractivity contribution >= 4 is 22.9 Å². The average molecular weight is 269 g/mol. The lowest BCUT2D eigenvalue weighted by Gasteiger charge is -2.09. The average Bonchev–Trinajstić information content (AvgIpc) is 3.05. The van der Waals surface area contributed by atoms with Crippen molar-refractivity contribution in [3.63, 3.8) is 0 Å². The summed E-state index contributed by atoms with van der Waals surface area (Å²) >= 11 is 0. The number of hydrogen-bond acceptors (Lipinski definition) is 2. The highest BCUT2D eigenvalue weighted by atomic mass is 16.1. The van der Waals surface area contributed by atoms with Crippen LogP contribution < -0.4 is 5.32 Å². The Balaban J connectivity index is 1.79. The van der Waals surface area contributed by atoms with Gasteiger partial charge in [-0.05, 0) is 37.8 Å². The number of allylic oxidation sites excluding steroid dienone is 2. The van der Waals surface area contributed by atoms with E-state index in [1.165, 1.54) is 0 Å². The number of aryl methyl sites for hydroxylation is 1. The van der Waals surface area contributed by atoms with Crippen LogP contribution in [-0.4, -0.2) is 15.5 Å². The van der Waals surface area contributed by atoms with E-state index in [2.05, 4.69) is 29.4 Å². The van der Waals surface area contributed by atoms with E-state index in [0.29, 0.717) is 18.3 Å². The summed E-state index contributed by atoms with van der Waals surface area (Å²) in [6, 6.07) is 7.95. The number of aromatic nitrogens is 2. The molecule has 0 saturated heterocycles. The molecule has 0 spiro atoms. The molecule has 1 N–H and O–H groups in total. The summed E-state index contributed by atoms with van der Waals surface area (Å²) in [5, 5.41) is 2.96. The van der Waals surface area contributed by atoms with Gasteiger partial charge in [-0.25, -0.2) is 4.98 Å². The van der Waals surface area contributed by atoms with Crippen molar-refractivity contribution in [2.75, 3.05) is 5.32 Å². The third kappa shape index (κ3) is 2.46. The minimum absolute atomic E-state index is 0.0477. The van der Waals surface area contributed by atoms with Crippen molar-refractivity contribution in [1.29, 1.82) is 0 Å². The minimum atomic E-state index is 0.0477. The highest BCUT2D eigenvalue weighted by Crippen LogP contribution is 2.22. The molecule has 0 aliphatic heterocycles. The van der Waals surface area contributed by atoms with E-state index in [1.54, 1.807) is 0 Å². The van der Waals surface area contributed by atoms with Crippen molar-refractivity contribution in [3.05, 3.63) is 36.4 Å². The molecule has 0 bridgehead atoms. The Hall–Kier alpha value is -2.10. The summed E-state index contributed by atoms with van der Waals surface area (Å²) < 4.78 is 2.04. The van der Waals surface area contributed by atoms with E-state index in [0.717, 1.165) is 30.4 Å². The van der Waals surface area contributed by atoms with E-state index >= 15 is 0 Å². The fourth-order valence-corrected chi connectivity index (χ4v) is 2.77. The topological polar surface area (TPSA) is 46.9 Å². The number of carbonyl (C=O) groups is 1. The van der Waals surface area contributed by atoms with E-state index in [4.69, 9.17) is 0 Å². The molecular formula is C16H19N3O. The van der Waals surface area contributed by atoms with Crippen molar-refractivity contribution in [2.45, 2.75) is 32.7 Å². The normalized spacial score (nSPS) is 17.8. The lowest BCUT2D eigenvalue weighted by molar-refractivity contribution is -0.116. The van der Waals surface area contributed by atoms with Gasteiger partial charge in [0.25, 0.3) is 0 Å². The number of nitrogens with zero attached hydrogens (tertiary/aromatic N) is 2. The molecule has 0 unspecified atom stereocenters. The largest absolute Gasteiger partial charge is 0.310 e. The van der Waals surface area contributed by atoms with Crippen molar-refractivity contribution in [2.24, 2.45) is 5.92 Å². The van der Waals surface area contributed by atoms with E-state index in [-0.39, 0.29) is 5.91 Å². The number of anilines is 1. The van der Waals surface area contributed by atoms with E-state index in [9.17, 15) is 4.79 Å². The first kappa shape index (κ1) is 12.9. The number of imidazole rings is 1. The third-order valence-corrected chi connectivity index (χ3v) is 3.78. The van der Waals surface area contributed by atoms with Gasteiger partial charge in [0.05, 0.1) is 11.0 Å². The molecule has 1 amide bonds. The summed E-state index contributed by atoms with van der Waals surface area (Å²) in [5.74, 6) is 1.08. The molecule has 1 aliphatic carbocycles. The van der Waals surface area contributed by atoms with Gasteiger partial charge in [-0.1, -0.05) is 24.3 Å². The van der Waals surface area contributed by atoms with Gasteiger partial charge in [0.1, 0.15) is 0 Å². The molecular weight excluding hydrogens is 250 g/mol. The van der Waals surface area contributed by atoms with Gasteiger partial charge in [-0.2, -0.15) is 0 Å².